The van der Waals surface area contributed by atoms with Gasteiger partial charge in [-0.25, -0.2) is 0 Å². The highest BCUT2D eigenvalue weighted by Gasteiger charge is 2.29. The van der Waals surface area contributed by atoms with E-state index in [0.717, 1.165) is 62.5 Å². The lowest BCUT2D eigenvalue weighted by Crippen LogP contribution is -3.12. The molecule has 2 aromatic carbocycles. The number of nitrogens with one attached hydrogen (secondary N) is 2. The smallest absolute Gasteiger partial charge is 0.233 e. The number of ether oxygens (including phenoxy) is 2. The highest BCUT2D eigenvalue weighted by molar-refractivity contribution is 5.93. The van der Waals surface area contributed by atoms with Crippen LogP contribution in [0.4, 0.5) is 5.69 Å². The first-order valence-corrected chi connectivity index (χ1v) is 11.2. The Bertz CT molecular complexity index is 834. The molecule has 0 radical (unpaired) electrons. The minimum Gasteiger partial charge on any atom is -0.493 e. The van der Waals surface area contributed by atoms with Gasteiger partial charge < -0.3 is 19.7 Å². The molecule has 0 aromatic heterocycles. The summed E-state index contributed by atoms with van der Waals surface area (Å²) in [5.41, 5.74) is 2.11. The molecule has 1 aliphatic heterocycles. The standard InChI is InChI=1S/C25H32N2O3/c1-29-23-14-13-21(16-24(23)30-22-11-5-6-12-22)26-25(28)20-10-7-15-27(18-20)17-19-8-3-2-4-9-19/h2-4,8-9,13-14,16,20,22H,5-7,10-12,15,17-18H2,1H3,(H,26,28)/p+1. The summed E-state index contributed by atoms with van der Waals surface area (Å²) in [6.07, 6.45) is 6.88. The third kappa shape index (κ3) is 5.33. The van der Waals surface area contributed by atoms with Crippen molar-refractivity contribution in [2.24, 2.45) is 5.92 Å². The molecule has 5 nitrogen and oxygen atoms in total. The predicted octanol–water partition coefficient (Wildman–Crippen LogP) is 3.45. The van der Waals surface area contributed by atoms with Crippen molar-refractivity contribution in [1.29, 1.82) is 0 Å². The normalized spacial score (nSPS) is 21.9. The summed E-state index contributed by atoms with van der Waals surface area (Å²) in [6.45, 7) is 2.98. The van der Waals surface area contributed by atoms with Crippen molar-refractivity contribution >= 4 is 11.6 Å². The summed E-state index contributed by atoms with van der Waals surface area (Å²) < 4.78 is 11.6. The monoisotopic (exact) mass is 409 g/mol. The van der Waals surface area contributed by atoms with E-state index < -0.39 is 0 Å². The van der Waals surface area contributed by atoms with E-state index in [1.165, 1.54) is 23.3 Å². The van der Waals surface area contributed by atoms with Gasteiger partial charge in [-0.2, -0.15) is 0 Å². The zero-order chi connectivity index (χ0) is 20.8. The van der Waals surface area contributed by atoms with E-state index in [1.54, 1.807) is 7.11 Å². The van der Waals surface area contributed by atoms with Crippen LogP contribution in [0.3, 0.4) is 0 Å². The highest BCUT2D eigenvalue weighted by atomic mass is 16.5. The lowest BCUT2D eigenvalue weighted by molar-refractivity contribution is -0.921. The number of anilines is 1. The van der Waals surface area contributed by atoms with Gasteiger partial charge in [-0.05, 0) is 50.7 Å². The molecule has 2 atom stereocenters. The van der Waals surface area contributed by atoms with Gasteiger partial charge in [0.2, 0.25) is 5.91 Å². The molecule has 2 aromatic rings. The summed E-state index contributed by atoms with van der Waals surface area (Å²) >= 11 is 0. The van der Waals surface area contributed by atoms with E-state index in [4.69, 9.17) is 9.47 Å². The number of piperidine rings is 1. The lowest BCUT2D eigenvalue weighted by atomic mass is 9.96. The largest absolute Gasteiger partial charge is 0.493 e. The Morgan fingerprint density at radius 2 is 1.83 bits per heavy atom. The maximum absolute atomic E-state index is 13.0. The fraction of sp³-hybridized carbons (Fsp3) is 0.480. The molecule has 2 unspecified atom stereocenters. The van der Waals surface area contributed by atoms with Gasteiger partial charge in [0, 0.05) is 17.3 Å². The van der Waals surface area contributed by atoms with Gasteiger partial charge in [-0.3, -0.25) is 4.79 Å². The minimum atomic E-state index is 0.0405. The van der Waals surface area contributed by atoms with Crippen LogP contribution < -0.4 is 19.7 Å². The maximum atomic E-state index is 13.0. The summed E-state index contributed by atoms with van der Waals surface area (Å²) in [5, 5.41) is 3.12. The zero-order valence-electron chi connectivity index (χ0n) is 17.9. The molecule has 2 N–H and O–H groups in total. The van der Waals surface area contributed by atoms with Crippen molar-refractivity contribution in [3.63, 3.8) is 0 Å². The molecule has 0 spiro atoms. The van der Waals surface area contributed by atoms with E-state index in [-0.39, 0.29) is 17.9 Å². The molecule has 1 heterocycles. The van der Waals surface area contributed by atoms with Crippen LogP contribution in [-0.4, -0.2) is 32.2 Å². The van der Waals surface area contributed by atoms with Gasteiger partial charge in [-0.15, -0.1) is 0 Å². The Labute approximate surface area is 179 Å². The first kappa shape index (κ1) is 20.7. The van der Waals surface area contributed by atoms with E-state index in [2.05, 4.69) is 29.6 Å². The van der Waals surface area contributed by atoms with Crippen LogP contribution in [0.15, 0.2) is 48.5 Å². The lowest BCUT2D eigenvalue weighted by Gasteiger charge is -2.29. The van der Waals surface area contributed by atoms with Crippen molar-refractivity contribution < 1.29 is 19.2 Å². The molecule has 1 saturated carbocycles. The van der Waals surface area contributed by atoms with E-state index in [0.29, 0.717) is 0 Å². The van der Waals surface area contributed by atoms with Crippen molar-refractivity contribution in [2.45, 2.75) is 51.2 Å². The number of likely N-dealkylation sites (tertiary alicyclic amines) is 1. The second kappa shape index (κ2) is 9.98. The van der Waals surface area contributed by atoms with Gasteiger partial charge in [0.1, 0.15) is 6.54 Å². The molecule has 2 aliphatic rings. The Balaban J connectivity index is 1.37. The predicted molar refractivity (Wildman–Crippen MR) is 118 cm³/mol. The number of rotatable bonds is 7. The van der Waals surface area contributed by atoms with Crippen molar-refractivity contribution in [2.75, 3.05) is 25.5 Å². The third-order valence-corrected chi connectivity index (χ3v) is 6.31. The average molecular weight is 410 g/mol. The fourth-order valence-corrected chi connectivity index (χ4v) is 4.70. The molecule has 160 valence electrons. The van der Waals surface area contributed by atoms with Gasteiger partial charge in [-0.1, -0.05) is 30.3 Å². The van der Waals surface area contributed by atoms with E-state index in [9.17, 15) is 4.79 Å². The number of hydrogen-bond donors (Lipinski definition) is 2. The molecular weight excluding hydrogens is 376 g/mol. The quantitative estimate of drug-likeness (QED) is 0.737. The summed E-state index contributed by atoms with van der Waals surface area (Å²) in [6, 6.07) is 16.2. The fourth-order valence-electron chi connectivity index (χ4n) is 4.70. The highest BCUT2D eigenvalue weighted by Crippen LogP contribution is 2.34. The van der Waals surface area contributed by atoms with Crippen LogP contribution >= 0.6 is 0 Å². The van der Waals surface area contributed by atoms with Crippen LogP contribution in [0, 0.1) is 5.92 Å². The molecule has 1 aliphatic carbocycles. The number of amides is 1. The first-order valence-electron chi connectivity index (χ1n) is 11.2. The number of methoxy groups -OCH3 is 1. The zero-order valence-corrected chi connectivity index (χ0v) is 17.9. The van der Waals surface area contributed by atoms with Crippen molar-refractivity contribution in [1.82, 2.24) is 0 Å². The number of quaternary nitrogens is 1. The van der Waals surface area contributed by atoms with Crippen LogP contribution in [0.2, 0.25) is 0 Å². The van der Waals surface area contributed by atoms with Crippen LogP contribution in [0.5, 0.6) is 11.5 Å². The Morgan fingerprint density at radius 1 is 1.03 bits per heavy atom. The van der Waals surface area contributed by atoms with Crippen LogP contribution in [-0.2, 0) is 11.3 Å². The van der Waals surface area contributed by atoms with Gasteiger partial charge >= 0.3 is 0 Å². The van der Waals surface area contributed by atoms with E-state index in [1.807, 2.05) is 24.3 Å². The van der Waals surface area contributed by atoms with Crippen molar-refractivity contribution in [3.05, 3.63) is 54.1 Å². The molecular formula is C25H33N2O3+. The molecule has 5 heteroatoms. The number of carbonyl (C=O) groups is 1. The molecule has 1 amide bonds. The van der Waals surface area contributed by atoms with Gasteiger partial charge in [0.05, 0.1) is 32.2 Å². The second-order valence-electron chi connectivity index (χ2n) is 8.58. The van der Waals surface area contributed by atoms with Crippen LogP contribution in [0.1, 0.15) is 44.1 Å². The van der Waals surface area contributed by atoms with Gasteiger partial charge in [0.25, 0.3) is 0 Å². The SMILES string of the molecule is COc1ccc(NC(=O)C2CCC[NH+](Cc3ccccc3)C2)cc1OC1CCCC1. The third-order valence-electron chi connectivity index (χ3n) is 6.31. The van der Waals surface area contributed by atoms with Crippen molar-refractivity contribution in [3.8, 4) is 11.5 Å². The average Bonchev–Trinajstić information content (AvgIpc) is 3.28. The Hall–Kier alpha value is -2.53. The molecule has 0 bridgehead atoms. The minimum absolute atomic E-state index is 0.0405. The molecule has 30 heavy (non-hydrogen) atoms. The maximum Gasteiger partial charge on any atom is 0.233 e. The summed E-state index contributed by atoms with van der Waals surface area (Å²) in [4.78, 5) is 14.5. The number of benzene rings is 2. The molecule has 2 fully saturated rings. The second-order valence-corrected chi connectivity index (χ2v) is 8.58. The molecule has 1 saturated heterocycles. The topological polar surface area (TPSA) is 52.0 Å². The van der Waals surface area contributed by atoms with E-state index >= 15 is 0 Å². The first-order chi connectivity index (χ1) is 14.7. The van der Waals surface area contributed by atoms with Crippen LogP contribution in [0.25, 0.3) is 0 Å². The Kier molecular flexibility index (Phi) is 6.90. The summed E-state index contributed by atoms with van der Waals surface area (Å²) in [5.74, 6) is 1.59. The Morgan fingerprint density at radius 3 is 2.60 bits per heavy atom. The number of carbonyl (C=O) groups excluding carboxylic acids is 1. The van der Waals surface area contributed by atoms with Gasteiger partial charge in [0.15, 0.2) is 11.5 Å². The number of hydrogen-bond acceptors (Lipinski definition) is 3. The summed E-state index contributed by atoms with van der Waals surface area (Å²) in [7, 11) is 1.65. The molecule has 4 rings (SSSR count).